The molecule has 0 bridgehead atoms. The molecule has 13 nitrogen and oxygen atoms in total. The monoisotopic (exact) mass is 410 g/mol. The maximum absolute atomic E-state index is 12.0. The number of esters is 3. The van der Waals surface area contributed by atoms with Gasteiger partial charge in [-0.25, -0.2) is 9.78 Å². The van der Waals surface area contributed by atoms with Gasteiger partial charge in [-0.3, -0.25) is 33.7 Å². The Balaban J connectivity index is 2.18. The molecule has 0 spiro atoms. The van der Waals surface area contributed by atoms with Gasteiger partial charge in [0.2, 0.25) is 0 Å². The number of hydrogen-bond donors (Lipinski definition) is 2. The Morgan fingerprint density at radius 3 is 2.55 bits per heavy atom. The molecule has 3 atom stereocenters. The Bertz CT molecular complexity index is 1080. The molecular formula is C16H18N4O9. The molecule has 1 aliphatic heterocycles. The summed E-state index contributed by atoms with van der Waals surface area (Å²) < 4.78 is 22.6. The molecule has 2 N–H and O–H groups in total. The van der Waals surface area contributed by atoms with Crippen LogP contribution < -0.4 is 11.2 Å². The molecule has 0 saturated carbocycles. The summed E-state index contributed by atoms with van der Waals surface area (Å²) in [7, 11) is 0. The normalized spacial score (nSPS) is 23.7. The van der Waals surface area contributed by atoms with E-state index in [0.717, 1.165) is 20.2 Å². The summed E-state index contributed by atoms with van der Waals surface area (Å²) in [5, 5.41) is 0. The predicted octanol–water partition coefficient (Wildman–Crippen LogP) is -1.48. The Kier molecular flexibility index (Phi) is 5.24. The van der Waals surface area contributed by atoms with Gasteiger partial charge in [0.15, 0.2) is 17.3 Å². The fraction of sp³-hybridized carbons (Fsp3) is 0.500. The molecule has 2 aromatic heterocycles. The zero-order valence-electron chi connectivity index (χ0n) is 15.7. The number of carbonyl (C=O) groups excluding carboxylic acids is 3. The molecule has 2 aromatic rings. The van der Waals surface area contributed by atoms with Crippen molar-refractivity contribution in [2.45, 2.75) is 38.7 Å². The second-order valence-corrected chi connectivity index (χ2v) is 6.34. The number of hydrogen-bond acceptors (Lipinski definition) is 10. The van der Waals surface area contributed by atoms with E-state index in [1.54, 1.807) is 0 Å². The van der Waals surface area contributed by atoms with Gasteiger partial charge in [0.05, 0.1) is 0 Å². The van der Waals surface area contributed by atoms with Crippen LogP contribution in [0.3, 0.4) is 0 Å². The van der Waals surface area contributed by atoms with Gasteiger partial charge >= 0.3 is 23.6 Å². The summed E-state index contributed by atoms with van der Waals surface area (Å²) in [5.41, 5.74) is -3.61. The van der Waals surface area contributed by atoms with E-state index in [2.05, 4.69) is 9.97 Å². The van der Waals surface area contributed by atoms with Crippen molar-refractivity contribution >= 4 is 29.1 Å². The van der Waals surface area contributed by atoms with Gasteiger partial charge < -0.3 is 18.9 Å². The van der Waals surface area contributed by atoms with Crippen LogP contribution in [0.2, 0.25) is 0 Å². The number of ether oxygens (including phenoxy) is 4. The standard InChI is InChI=1S/C16H18N4O9/c1-7(21)26-4-10-12(28-8(2)22)16(5-27-10,29-9(3)23)20-6-17-11-13(20)18-15(25)19-14(11)24/h6,10,12H,4-5H2,1-3H3,(H2,18,19,24,25)/t10-,12-,16+/m1/s1. The molecule has 0 unspecified atom stereocenters. The first-order valence-corrected chi connectivity index (χ1v) is 8.46. The lowest BCUT2D eigenvalue weighted by atomic mass is 10.0. The molecule has 13 heteroatoms. The molecular weight excluding hydrogens is 392 g/mol. The van der Waals surface area contributed by atoms with Crippen molar-refractivity contribution in [3.05, 3.63) is 27.2 Å². The van der Waals surface area contributed by atoms with E-state index >= 15 is 0 Å². The molecule has 1 saturated heterocycles. The van der Waals surface area contributed by atoms with E-state index < -0.39 is 47.1 Å². The minimum absolute atomic E-state index is 0.0751. The number of imidazole rings is 1. The third-order valence-corrected chi connectivity index (χ3v) is 4.20. The summed E-state index contributed by atoms with van der Waals surface area (Å²) in [6, 6.07) is 0. The highest BCUT2D eigenvalue weighted by atomic mass is 16.7. The number of H-pyrrole nitrogens is 2. The highest BCUT2D eigenvalue weighted by molar-refractivity contribution is 5.71. The smallest absolute Gasteiger partial charge is 0.327 e. The van der Waals surface area contributed by atoms with Crippen LogP contribution in [-0.4, -0.2) is 62.8 Å². The van der Waals surface area contributed by atoms with Crippen LogP contribution >= 0.6 is 0 Å². The van der Waals surface area contributed by atoms with E-state index in [4.69, 9.17) is 18.9 Å². The first-order valence-electron chi connectivity index (χ1n) is 8.46. The summed E-state index contributed by atoms with van der Waals surface area (Å²) in [6.07, 6.45) is -1.12. The van der Waals surface area contributed by atoms with Crippen LogP contribution in [0.1, 0.15) is 20.8 Å². The maximum Gasteiger partial charge on any atom is 0.327 e. The molecule has 0 aromatic carbocycles. The van der Waals surface area contributed by atoms with Crippen LogP contribution in [0.15, 0.2) is 15.9 Å². The van der Waals surface area contributed by atoms with Crippen molar-refractivity contribution in [1.29, 1.82) is 0 Å². The van der Waals surface area contributed by atoms with Crippen molar-refractivity contribution in [2.24, 2.45) is 0 Å². The second kappa shape index (κ2) is 7.50. The molecule has 0 radical (unpaired) electrons. The van der Waals surface area contributed by atoms with E-state index in [-0.39, 0.29) is 24.4 Å². The number of fused-ring (bicyclic) bond motifs is 1. The summed E-state index contributed by atoms with van der Waals surface area (Å²) in [5.74, 6) is -2.07. The van der Waals surface area contributed by atoms with Gasteiger partial charge in [-0.1, -0.05) is 0 Å². The largest absolute Gasteiger partial charge is 0.463 e. The topological polar surface area (TPSA) is 172 Å². The zero-order valence-corrected chi connectivity index (χ0v) is 15.7. The van der Waals surface area contributed by atoms with Crippen LogP contribution in [-0.2, 0) is 39.1 Å². The first kappa shape index (κ1) is 20.3. The van der Waals surface area contributed by atoms with Gasteiger partial charge in [-0.15, -0.1) is 0 Å². The molecule has 0 aliphatic carbocycles. The summed E-state index contributed by atoms with van der Waals surface area (Å²) in [4.78, 5) is 67.0. The third kappa shape index (κ3) is 3.76. The van der Waals surface area contributed by atoms with Crippen molar-refractivity contribution in [3.63, 3.8) is 0 Å². The van der Waals surface area contributed by atoms with Crippen molar-refractivity contribution in [3.8, 4) is 0 Å². The summed E-state index contributed by atoms with van der Waals surface area (Å²) in [6.45, 7) is 2.82. The predicted molar refractivity (Wildman–Crippen MR) is 92.6 cm³/mol. The minimum Gasteiger partial charge on any atom is -0.463 e. The van der Waals surface area contributed by atoms with Gasteiger partial charge in [0.1, 0.15) is 25.6 Å². The maximum atomic E-state index is 12.0. The van der Waals surface area contributed by atoms with E-state index in [1.807, 2.05) is 4.98 Å². The molecule has 1 aliphatic rings. The minimum atomic E-state index is -1.81. The van der Waals surface area contributed by atoms with Crippen molar-refractivity contribution < 1.29 is 33.3 Å². The van der Waals surface area contributed by atoms with Crippen LogP contribution in [0, 0.1) is 0 Å². The molecule has 3 heterocycles. The van der Waals surface area contributed by atoms with E-state index in [1.165, 1.54) is 11.5 Å². The first-order chi connectivity index (χ1) is 13.6. The number of nitrogens with one attached hydrogen (secondary N) is 2. The Morgan fingerprint density at radius 2 is 1.93 bits per heavy atom. The second-order valence-electron chi connectivity index (χ2n) is 6.34. The highest BCUT2D eigenvalue weighted by Crippen LogP contribution is 2.37. The number of carbonyl (C=O) groups is 3. The lowest BCUT2D eigenvalue weighted by Crippen LogP contribution is -2.52. The zero-order chi connectivity index (χ0) is 21.3. The molecule has 3 rings (SSSR count). The molecule has 29 heavy (non-hydrogen) atoms. The average Bonchev–Trinajstić information content (AvgIpc) is 3.15. The number of aromatic amines is 2. The average molecular weight is 410 g/mol. The summed E-state index contributed by atoms with van der Waals surface area (Å²) >= 11 is 0. The SMILES string of the molecule is CC(=O)OC[C@H]1OC[C@@](OC(C)=O)(n2cnc3c(=O)[nH]c(=O)[nH]c32)[C@@H]1OC(C)=O. The molecule has 156 valence electrons. The van der Waals surface area contributed by atoms with Crippen LogP contribution in [0.5, 0.6) is 0 Å². The van der Waals surface area contributed by atoms with E-state index in [9.17, 15) is 24.0 Å². The van der Waals surface area contributed by atoms with Gasteiger partial charge in [0.25, 0.3) is 11.3 Å². The van der Waals surface area contributed by atoms with E-state index in [0.29, 0.717) is 0 Å². The van der Waals surface area contributed by atoms with Gasteiger partial charge in [-0.2, -0.15) is 0 Å². The Hall–Kier alpha value is -3.48. The van der Waals surface area contributed by atoms with Crippen molar-refractivity contribution in [1.82, 2.24) is 19.5 Å². The number of aromatic nitrogens is 4. The molecule has 0 amide bonds. The lowest BCUT2D eigenvalue weighted by molar-refractivity contribution is -0.196. The quantitative estimate of drug-likeness (QED) is 0.437. The van der Waals surface area contributed by atoms with Crippen LogP contribution in [0.4, 0.5) is 0 Å². The Labute approximate surface area is 161 Å². The number of rotatable bonds is 5. The third-order valence-electron chi connectivity index (χ3n) is 4.20. The molecule has 1 fully saturated rings. The fourth-order valence-electron chi connectivity index (χ4n) is 3.18. The highest BCUT2D eigenvalue weighted by Gasteiger charge is 2.58. The Morgan fingerprint density at radius 1 is 1.21 bits per heavy atom. The van der Waals surface area contributed by atoms with Crippen LogP contribution in [0.25, 0.3) is 11.2 Å². The van der Waals surface area contributed by atoms with Crippen molar-refractivity contribution in [2.75, 3.05) is 13.2 Å². The van der Waals surface area contributed by atoms with Gasteiger partial charge in [0, 0.05) is 20.8 Å². The van der Waals surface area contributed by atoms with Gasteiger partial charge in [-0.05, 0) is 0 Å². The fourth-order valence-corrected chi connectivity index (χ4v) is 3.18. The lowest BCUT2D eigenvalue weighted by Gasteiger charge is -2.34. The number of nitrogens with zero attached hydrogens (tertiary/aromatic N) is 2.